The van der Waals surface area contributed by atoms with Crippen molar-refractivity contribution in [2.75, 3.05) is 31.6 Å². The lowest BCUT2D eigenvalue weighted by atomic mass is 10.5. The molecule has 4 nitrogen and oxygen atoms in total. The number of hydrogen-bond donors (Lipinski definition) is 2. The molecule has 0 radical (unpaired) electrons. The number of rotatable bonds is 8. The van der Waals surface area contributed by atoms with Crippen LogP contribution in [0.4, 0.5) is 0 Å². The lowest BCUT2D eigenvalue weighted by Crippen LogP contribution is -2.38. The minimum Gasteiger partial charge on any atom is -0.357 e. The van der Waals surface area contributed by atoms with Crippen molar-refractivity contribution < 1.29 is 0 Å². The molecule has 0 amide bonds. The summed E-state index contributed by atoms with van der Waals surface area (Å²) in [6.07, 6.45) is 7.41. The molecule has 0 aliphatic heterocycles. The van der Waals surface area contributed by atoms with Gasteiger partial charge in [-0.05, 0) is 37.5 Å². The van der Waals surface area contributed by atoms with Crippen molar-refractivity contribution in [2.45, 2.75) is 19.9 Å². The molecule has 0 aliphatic carbocycles. The van der Waals surface area contributed by atoms with Crippen LogP contribution in [-0.4, -0.2) is 42.2 Å². The number of aliphatic imine (C=N–C) groups is 1. The van der Waals surface area contributed by atoms with Crippen molar-refractivity contribution in [2.24, 2.45) is 4.99 Å². The van der Waals surface area contributed by atoms with Crippen molar-refractivity contribution in [1.29, 1.82) is 0 Å². The molecular weight excluding hydrogens is 371 g/mol. The first-order valence-electron chi connectivity index (χ1n) is 6.48. The normalized spacial score (nSPS) is 10.9. The maximum absolute atomic E-state index is 4.54. The fraction of sp³-hybridized carbons (Fsp3) is 0.615. The second kappa shape index (κ2) is 12.7. The van der Waals surface area contributed by atoms with E-state index in [0.717, 1.165) is 38.6 Å². The highest BCUT2D eigenvalue weighted by atomic mass is 127. The fourth-order valence-corrected chi connectivity index (χ4v) is 1.98. The Morgan fingerprint density at radius 3 is 2.63 bits per heavy atom. The van der Waals surface area contributed by atoms with Crippen LogP contribution >= 0.6 is 35.7 Å². The van der Waals surface area contributed by atoms with Gasteiger partial charge in [-0.15, -0.1) is 24.0 Å². The summed E-state index contributed by atoms with van der Waals surface area (Å²) in [6.45, 7) is 5.73. The maximum atomic E-state index is 4.54. The number of nitrogens with zero attached hydrogens (tertiary/aromatic N) is 2. The molecule has 0 saturated heterocycles. The van der Waals surface area contributed by atoms with Crippen LogP contribution in [0, 0.1) is 0 Å². The first-order chi connectivity index (χ1) is 8.86. The van der Waals surface area contributed by atoms with Gasteiger partial charge in [0, 0.05) is 38.6 Å². The molecule has 6 heteroatoms. The number of hydrogen-bond acceptors (Lipinski definition) is 2. The Morgan fingerprint density at radius 1 is 1.26 bits per heavy atom. The Balaban J connectivity index is 0.00000324. The molecule has 0 saturated carbocycles. The fourth-order valence-electron chi connectivity index (χ4n) is 1.56. The van der Waals surface area contributed by atoms with E-state index in [0.29, 0.717) is 0 Å². The molecule has 1 aromatic rings. The quantitative estimate of drug-likeness (QED) is 0.307. The summed E-state index contributed by atoms with van der Waals surface area (Å²) in [4.78, 5) is 4.54. The Labute approximate surface area is 137 Å². The Bertz CT molecular complexity index is 327. The zero-order valence-corrected chi connectivity index (χ0v) is 14.9. The number of nitrogens with one attached hydrogen (secondary N) is 2. The standard InChI is InChI=1S/C13H24N4S.HI/c1-3-14-13(15-7-6-12-18-2)16-8-11-17-9-4-5-10-17;/h4-5,9-10H,3,6-8,11-12H2,1-2H3,(H2,14,15,16);1H. The van der Waals surface area contributed by atoms with Gasteiger partial charge in [0.05, 0.1) is 0 Å². The number of aromatic nitrogens is 1. The van der Waals surface area contributed by atoms with Crippen molar-refractivity contribution in [1.82, 2.24) is 15.2 Å². The van der Waals surface area contributed by atoms with E-state index >= 15 is 0 Å². The van der Waals surface area contributed by atoms with Crippen LogP contribution in [0.25, 0.3) is 0 Å². The molecule has 0 aliphatic rings. The molecule has 1 aromatic heterocycles. The number of guanidine groups is 1. The Kier molecular flexibility index (Phi) is 12.4. The maximum Gasteiger partial charge on any atom is 0.191 e. The van der Waals surface area contributed by atoms with Gasteiger partial charge in [-0.25, -0.2) is 0 Å². The molecule has 0 unspecified atom stereocenters. The molecule has 0 bridgehead atoms. The summed E-state index contributed by atoms with van der Waals surface area (Å²) < 4.78 is 2.16. The molecule has 19 heavy (non-hydrogen) atoms. The monoisotopic (exact) mass is 396 g/mol. The summed E-state index contributed by atoms with van der Waals surface area (Å²) in [6, 6.07) is 4.09. The summed E-state index contributed by atoms with van der Waals surface area (Å²) in [7, 11) is 0. The van der Waals surface area contributed by atoms with Crippen LogP contribution in [0.2, 0.25) is 0 Å². The Morgan fingerprint density at radius 2 is 2.00 bits per heavy atom. The van der Waals surface area contributed by atoms with Crippen LogP contribution in [-0.2, 0) is 6.54 Å². The Hall–Kier alpha value is -0.370. The lowest BCUT2D eigenvalue weighted by Gasteiger charge is -2.11. The van der Waals surface area contributed by atoms with E-state index in [-0.39, 0.29) is 24.0 Å². The molecule has 1 heterocycles. The first-order valence-corrected chi connectivity index (χ1v) is 7.88. The smallest absolute Gasteiger partial charge is 0.191 e. The summed E-state index contributed by atoms with van der Waals surface area (Å²) in [5.41, 5.74) is 0. The van der Waals surface area contributed by atoms with Crippen LogP contribution in [0.1, 0.15) is 13.3 Å². The average Bonchev–Trinajstić information content (AvgIpc) is 2.87. The van der Waals surface area contributed by atoms with E-state index in [2.05, 4.69) is 45.8 Å². The predicted octanol–water partition coefficient (Wildman–Crippen LogP) is 2.41. The van der Waals surface area contributed by atoms with Gasteiger partial charge < -0.3 is 15.2 Å². The SMILES string of the molecule is CCNC(=NCCCSC)NCCn1cccc1.I. The van der Waals surface area contributed by atoms with Crippen molar-refractivity contribution >= 4 is 41.7 Å². The topological polar surface area (TPSA) is 41.4 Å². The largest absolute Gasteiger partial charge is 0.357 e. The summed E-state index contributed by atoms with van der Waals surface area (Å²) >= 11 is 1.87. The minimum atomic E-state index is 0. The molecule has 110 valence electrons. The van der Waals surface area contributed by atoms with Crippen molar-refractivity contribution in [3.63, 3.8) is 0 Å². The third-order valence-electron chi connectivity index (χ3n) is 2.45. The van der Waals surface area contributed by atoms with E-state index in [9.17, 15) is 0 Å². The molecule has 0 aromatic carbocycles. The van der Waals surface area contributed by atoms with Gasteiger partial charge in [0.1, 0.15) is 0 Å². The number of halogens is 1. The van der Waals surface area contributed by atoms with E-state index in [1.807, 2.05) is 23.9 Å². The predicted molar refractivity (Wildman–Crippen MR) is 96.8 cm³/mol. The van der Waals surface area contributed by atoms with Gasteiger partial charge >= 0.3 is 0 Å². The zero-order chi connectivity index (χ0) is 13.1. The second-order valence-corrected chi connectivity index (χ2v) is 4.94. The lowest BCUT2D eigenvalue weighted by molar-refractivity contribution is 0.665. The van der Waals surface area contributed by atoms with Gasteiger partial charge in [-0.3, -0.25) is 4.99 Å². The van der Waals surface area contributed by atoms with Crippen molar-refractivity contribution in [3.8, 4) is 0 Å². The van der Waals surface area contributed by atoms with Gasteiger partial charge in [-0.1, -0.05) is 0 Å². The van der Waals surface area contributed by atoms with E-state index < -0.39 is 0 Å². The van der Waals surface area contributed by atoms with Crippen LogP contribution in [0.3, 0.4) is 0 Å². The highest BCUT2D eigenvalue weighted by Gasteiger charge is 1.96. The molecule has 1 rings (SSSR count). The zero-order valence-electron chi connectivity index (χ0n) is 11.8. The third-order valence-corrected chi connectivity index (χ3v) is 3.15. The molecular formula is C13H25IN4S. The molecule has 2 N–H and O–H groups in total. The van der Waals surface area contributed by atoms with Crippen LogP contribution < -0.4 is 10.6 Å². The van der Waals surface area contributed by atoms with Gasteiger partial charge in [0.15, 0.2) is 5.96 Å². The van der Waals surface area contributed by atoms with E-state index in [1.165, 1.54) is 5.75 Å². The average molecular weight is 396 g/mol. The van der Waals surface area contributed by atoms with Crippen LogP contribution in [0.5, 0.6) is 0 Å². The molecule has 0 fully saturated rings. The van der Waals surface area contributed by atoms with Gasteiger partial charge in [0.2, 0.25) is 0 Å². The second-order valence-electron chi connectivity index (χ2n) is 3.95. The number of thioether (sulfide) groups is 1. The summed E-state index contributed by atoms with van der Waals surface area (Å²) in [5, 5.41) is 6.61. The van der Waals surface area contributed by atoms with Crippen LogP contribution in [0.15, 0.2) is 29.5 Å². The molecule has 0 spiro atoms. The molecule has 0 atom stereocenters. The van der Waals surface area contributed by atoms with E-state index in [4.69, 9.17) is 0 Å². The first kappa shape index (κ1) is 18.6. The summed E-state index contributed by atoms with van der Waals surface area (Å²) in [5.74, 6) is 2.09. The van der Waals surface area contributed by atoms with Crippen molar-refractivity contribution in [3.05, 3.63) is 24.5 Å². The minimum absolute atomic E-state index is 0. The van der Waals surface area contributed by atoms with Gasteiger partial charge in [-0.2, -0.15) is 11.8 Å². The highest BCUT2D eigenvalue weighted by molar-refractivity contribution is 14.0. The van der Waals surface area contributed by atoms with Gasteiger partial charge in [0.25, 0.3) is 0 Å². The third kappa shape index (κ3) is 9.21. The van der Waals surface area contributed by atoms with E-state index in [1.54, 1.807) is 0 Å². The highest BCUT2D eigenvalue weighted by Crippen LogP contribution is 1.95.